The van der Waals surface area contributed by atoms with E-state index in [1.807, 2.05) is 24.3 Å². The molecule has 1 aromatic heterocycles. The van der Waals surface area contributed by atoms with Crippen molar-refractivity contribution < 1.29 is 24.2 Å². The molecule has 1 heterocycles. The van der Waals surface area contributed by atoms with Crippen LogP contribution in [-0.4, -0.2) is 52.2 Å². The van der Waals surface area contributed by atoms with E-state index in [4.69, 9.17) is 4.74 Å². The summed E-state index contributed by atoms with van der Waals surface area (Å²) in [6.45, 7) is 0.523. The zero-order chi connectivity index (χ0) is 24.4. The van der Waals surface area contributed by atoms with E-state index < -0.39 is 18.1 Å². The van der Waals surface area contributed by atoms with Gasteiger partial charge in [-0.1, -0.05) is 48.5 Å². The number of carboxylic acids is 1. The molecule has 0 spiro atoms. The first kappa shape index (κ1) is 22.6. The van der Waals surface area contributed by atoms with E-state index in [2.05, 4.69) is 44.9 Å². The SMILES string of the molecule is O=C(NC[C@H]1C[C@H]1C(=O)NC(Cc1cnc[nH]1)C(=O)O)OCC1c2ccccc2-c2ccccc21. The number of H-pyrrole nitrogens is 1. The normalized spacial score (nSPS) is 18.7. The Morgan fingerprint density at radius 3 is 2.40 bits per heavy atom. The third kappa shape index (κ3) is 4.89. The average Bonchev–Trinajstić information content (AvgIpc) is 3.32. The molecule has 3 aromatic rings. The highest BCUT2D eigenvalue weighted by Crippen LogP contribution is 2.44. The first-order valence-corrected chi connectivity index (χ1v) is 11.6. The number of hydrogen-bond acceptors (Lipinski definition) is 5. The summed E-state index contributed by atoms with van der Waals surface area (Å²) in [5, 5.41) is 14.7. The van der Waals surface area contributed by atoms with Gasteiger partial charge < -0.3 is 25.5 Å². The van der Waals surface area contributed by atoms with Gasteiger partial charge in [-0.3, -0.25) is 4.79 Å². The molecular formula is C26H26N4O5. The van der Waals surface area contributed by atoms with Crippen LogP contribution in [0.3, 0.4) is 0 Å². The predicted molar refractivity (Wildman–Crippen MR) is 127 cm³/mol. The van der Waals surface area contributed by atoms with Crippen molar-refractivity contribution in [1.29, 1.82) is 0 Å². The lowest BCUT2D eigenvalue weighted by atomic mass is 9.98. The Hall–Kier alpha value is -4.14. The van der Waals surface area contributed by atoms with Gasteiger partial charge in [0.1, 0.15) is 12.6 Å². The van der Waals surface area contributed by atoms with Crippen LogP contribution >= 0.6 is 0 Å². The van der Waals surface area contributed by atoms with Gasteiger partial charge in [-0.25, -0.2) is 14.6 Å². The Morgan fingerprint density at radius 2 is 1.77 bits per heavy atom. The Kier molecular flexibility index (Phi) is 6.22. The van der Waals surface area contributed by atoms with Crippen molar-refractivity contribution in [2.75, 3.05) is 13.2 Å². The summed E-state index contributed by atoms with van der Waals surface area (Å²) in [7, 11) is 0. The number of nitrogens with one attached hydrogen (secondary N) is 3. The number of rotatable bonds is 9. The summed E-state index contributed by atoms with van der Waals surface area (Å²) in [6.07, 6.45) is 3.17. The zero-order valence-electron chi connectivity index (χ0n) is 18.9. The topological polar surface area (TPSA) is 133 Å². The molecule has 2 aromatic carbocycles. The Labute approximate surface area is 201 Å². The number of ether oxygens (including phenoxy) is 1. The molecule has 2 amide bonds. The summed E-state index contributed by atoms with van der Waals surface area (Å²) in [6, 6.07) is 15.2. The Balaban J connectivity index is 1.09. The molecular weight excluding hydrogens is 448 g/mol. The third-order valence-corrected chi connectivity index (χ3v) is 6.71. The number of amides is 2. The molecule has 0 saturated heterocycles. The van der Waals surface area contributed by atoms with Gasteiger partial charge in [-0.05, 0) is 34.6 Å². The first-order chi connectivity index (χ1) is 17.0. The van der Waals surface area contributed by atoms with E-state index in [-0.39, 0.29) is 36.7 Å². The Morgan fingerprint density at radius 1 is 1.09 bits per heavy atom. The summed E-state index contributed by atoms with van der Waals surface area (Å²) in [4.78, 5) is 43.1. The van der Waals surface area contributed by atoms with Crippen molar-refractivity contribution in [3.05, 3.63) is 77.9 Å². The number of carboxylic acid groups (broad SMARTS) is 1. The van der Waals surface area contributed by atoms with Crippen LogP contribution < -0.4 is 10.6 Å². The number of imidazole rings is 1. The van der Waals surface area contributed by atoms with Crippen LogP contribution in [0.15, 0.2) is 61.1 Å². The number of aromatic amines is 1. The minimum absolute atomic E-state index is 0.0181. The van der Waals surface area contributed by atoms with Crippen LogP contribution in [0, 0.1) is 11.8 Å². The molecule has 2 aliphatic rings. The molecule has 180 valence electrons. The quantitative estimate of drug-likeness (QED) is 0.377. The molecule has 2 aliphatic carbocycles. The maximum Gasteiger partial charge on any atom is 0.407 e. The number of alkyl carbamates (subject to hydrolysis) is 1. The molecule has 1 unspecified atom stereocenters. The van der Waals surface area contributed by atoms with Gasteiger partial charge >= 0.3 is 12.1 Å². The molecule has 1 saturated carbocycles. The first-order valence-electron chi connectivity index (χ1n) is 11.6. The van der Waals surface area contributed by atoms with Crippen LogP contribution in [0.2, 0.25) is 0 Å². The van der Waals surface area contributed by atoms with Crippen LogP contribution in [0.25, 0.3) is 11.1 Å². The number of carbonyl (C=O) groups excluding carboxylic acids is 2. The van der Waals surface area contributed by atoms with Gasteiger partial charge in [0.15, 0.2) is 0 Å². The molecule has 35 heavy (non-hydrogen) atoms. The Bertz CT molecular complexity index is 1200. The number of aromatic nitrogens is 2. The van der Waals surface area contributed by atoms with E-state index in [1.54, 1.807) is 0 Å². The summed E-state index contributed by atoms with van der Waals surface area (Å²) >= 11 is 0. The molecule has 9 heteroatoms. The van der Waals surface area contributed by atoms with Gasteiger partial charge in [-0.15, -0.1) is 0 Å². The van der Waals surface area contributed by atoms with Crippen LogP contribution in [0.4, 0.5) is 4.79 Å². The number of benzene rings is 2. The second-order valence-corrected chi connectivity index (χ2v) is 8.99. The second kappa shape index (κ2) is 9.61. The van der Waals surface area contributed by atoms with Crippen molar-refractivity contribution in [1.82, 2.24) is 20.6 Å². The van der Waals surface area contributed by atoms with Gasteiger partial charge in [0.25, 0.3) is 0 Å². The molecule has 9 nitrogen and oxygen atoms in total. The summed E-state index contributed by atoms with van der Waals surface area (Å²) in [5.74, 6) is -1.82. The summed E-state index contributed by atoms with van der Waals surface area (Å²) in [5.41, 5.74) is 5.24. The van der Waals surface area contributed by atoms with E-state index >= 15 is 0 Å². The molecule has 0 bridgehead atoms. The summed E-state index contributed by atoms with van der Waals surface area (Å²) < 4.78 is 5.53. The van der Waals surface area contributed by atoms with Crippen LogP contribution in [0.1, 0.15) is 29.2 Å². The lowest BCUT2D eigenvalue weighted by Gasteiger charge is -2.15. The van der Waals surface area contributed by atoms with E-state index in [0.29, 0.717) is 18.7 Å². The molecule has 0 aliphatic heterocycles. The highest BCUT2D eigenvalue weighted by Gasteiger charge is 2.44. The van der Waals surface area contributed by atoms with E-state index in [1.165, 1.54) is 12.5 Å². The lowest BCUT2D eigenvalue weighted by molar-refractivity contribution is -0.142. The smallest absolute Gasteiger partial charge is 0.407 e. The number of aliphatic carboxylic acids is 1. The largest absolute Gasteiger partial charge is 0.480 e. The number of fused-ring (bicyclic) bond motifs is 3. The highest BCUT2D eigenvalue weighted by atomic mass is 16.5. The van der Waals surface area contributed by atoms with Crippen molar-refractivity contribution in [2.45, 2.75) is 24.8 Å². The fourth-order valence-corrected chi connectivity index (χ4v) is 4.75. The molecule has 4 N–H and O–H groups in total. The van der Waals surface area contributed by atoms with Gasteiger partial charge in [-0.2, -0.15) is 0 Å². The van der Waals surface area contributed by atoms with Crippen molar-refractivity contribution in [2.24, 2.45) is 11.8 Å². The molecule has 0 radical (unpaired) electrons. The monoisotopic (exact) mass is 474 g/mol. The van der Waals surface area contributed by atoms with Gasteiger partial charge in [0, 0.05) is 36.7 Å². The van der Waals surface area contributed by atoms with Gasteiger partial charge in [0.05, 0.1) is 6.33 Å². The standard InChI is InChI=1S/C26H26N4O5/c31-24(30-23(25(32)33)10-16-12-27-14-29-16)21-9-15(21)11-28-26(34)35-13-22-19-7-3-1-5-17(19)18-6-2-4-8-20(18)22/h1-8,12,14-15,21-23H,9-11,13H2,(H,27,29)(H,28,34)(H,30,31)(H,32,33)/t15-,21-,23?/m1/s1. The fraction of sp³-hybridized carbons (Fsp3) is 0.308. The zero-order valence-corrected chi connectivity index (χ0v) is 18.9. The molecule has 1 fully saturated rings. The van der Waals surface area contributed by atoms with Crippen molar-refractivity contribution in [3.8, 4) is 11.1 Å². The number of hydrogen-bond donors (Lipinski definition) is 4. The molecule has 3 atom stereocenters. The third-order valence-electron chi connectivity index (χ3n) is 6.71. The maximum atomic E-state index is 12.5. The highest BCUT2D eigenvalue weighted by molar-refractivity contribution is 5.87. The number of carbonyl (C=O) groups is 3. The van der Waals surface area contributed by atoms with Crippen LogP contribution in [0.5, 0.6) is 0 Å². The van der Waals surface area contributed by atoms with Crippen molar-refractivity contribution in [3.63, 3.8) is 0 Å². The van der Waals surface area contributed by atoms with Crippen LogP contribution in [-0.2, 0) is 20.7 Å². The lowest BCUT2D eigenvalue weighted by Crippen LogP contribution is -2.43. The van der Waals surface area contributed by atoms with Crippen molar-refractivity contribution >= 4 is 18.0 Å². The fourth-order valence-electron chi connectivity index (χ4n) is 4.75. The number of nitrogens with zero attached hydrogens (tertiary/aromatic N) is 1. The minimum Gasteiger partial charge on any atom is -0.480 e. The predicted octanol–water partition coefficient (Wildman–Crippen LogP) is 2.70. The second-order valence-electron chi connectivity index (χ2n) is 8.99. The van der Waals surface area contributed by atoms with Gasteiger partial charge in [0.2, 0.25) is 5.91 Å². The average molecular weight is 475 g/mol. The van der Waals surface area contributed by atoms with E-state index in [9.17, 15) is 19.5 Å². The molecule has 5 rings (SSSR count). The van der Waals surface area contributed by atoms with E-state index in [0.717, 1.165) is 22.3 Å². The minimum atomic E-state index is -1.11. The maximum absolute atomic E-state index is 12.5.